The Balaban J connectivity index is 1.29. The second kappa shape index (κ2) is 9.80. The number of likely N-dealkylation sites (tertiary alicyclic amines) is 1. The van der Waals surface area contributed by atoms with Crippen molar-refractivity contribution >= 4 is 5.91 Å². The summed E-state index contributed by atoms with van der Waals surface area (Å²) in [7, 11) is 0. The van der Waals surface area contributed by atoms with Gasteiger partial charge < -0.3 is 14.4 Å². The quantitative estimate of drug-likeness (QED) is 0.449. The second-order valence-corrected chi connectivity index (χ2v) is 12.7. The van der Waals surface area contributed by atoms with E-state index in [1.54, 1.807) is 0 Å². The first kappa shape index (κ1) is 24.1. The monoisotopic (exact) mass is 459 g/mol. The second-order valence-electron chi connectivity index (χ2n) is 12.7. The van der Waals surface area contributed by atoms with Crippen LogP contribution in [-0.4, -0.2) is 48.3 Å². The number of fused-ring (bicyclic) bond motifs is 5. The van der Waals surface area contributed by atoms with Crippen LogP contribution in [0.5, 0.6) is 0 Å². The van der Waals surface area contributed by atoms with E-state index >= 15 is 0 Å². The topological polar surface area (TPSA) is 38.8 Å². The van der Waals surface area contributed by atoms with Crippen LogP contribution in [0, 0.1) is 29.1 Å². The molecule has 0 spiro atoms. The van der Waals surface area contributed by atoms with E-state index in [2.05, 4.69) is 25.7 Å². The van der Waals surface area contributed by atoms with Crippen molar-refractivity contribution in [1.29, 1.82) is 0 Å². The van der Waals surface area contributed by atoms with Gasteiger partial charge in [-0.3, -0.25) is 4.79 Å². The van der Waals surface area contributed by atoms with Gasteiger partial charge in [-0.05, 0) is 119 Å². The lowest BCUT2D eigenvalue weighted by atomic mass is 9.45. The normalized spacial score (nSPS) is 45.6. The fraction of sp³-hybridized carbons (Fsp3) is 0.966. The van der Waals surface area contributed by atoms with Crippen molar-refractivity contribution in [2.45, 2.75) is 128 Å². The number of carbonyl (C=O) groups is 1. The summed E-state index contributed by atoms with van der Waals surface area (Å²) in [6.45, 7) is 9.99. The Kier molecular flexibility index (Phi) is 7.16. The summed E-state index contributed by atoms with van der Waals surface area (Å²) in [5, 5.41) is 0. The zero-order chi connectivity index (χ0) is 23.1. The number of piperidine rings is 1. The molecule has 2 aliphatic heterocycles. The summed E-state index contributed by atoms with van der Waals surface area (Å²) >= 11 is 0. The van der Waals surface area contributed by atoms with Crippen molar-refractivity contribution in [1.82, 2.24) is 4.90 Å². The zero-order valence-corrected chi connectivity index (χ0v) is 21.7. The van der Waals surface area contributed by atoms with Crippen LogP contribution in [0.3, 0.4) is 0 Å². The molecule has 5 rings (SSSR count). The van der Waals surface area contributed by atoms with Crippen LogP contribution in [0.15, 0.2) is 0 Å². The van der Waals surface area contributed by atoms with Gasteiger partial charge in [0.1, 0.15) is 6.10 Å². The fourth-order valence-corrected chi connectivity index (χ4v) is 9.12. The molecule has 0 radical (unpaired) electrons. The van der Waals surface area contributed by atoms with Crippen LogP contribution in [0.1, 0.15) is 111 Å². The van der Waals surface area contributed by atoms with Gasteiger partial charge in [0.25, 0.3) is 5.91 Å². The smallest absolute Gasteiger partial charge is 0.252 e. The lowest BCUT2D eigenvalue weighted by Crippen LogP contribution is -2.66. The van der Waals surface area contributed by atoms with Crippen LogP contribution >= 0.6 is 0 Å². The maximum atomic E-state index is 13.6. The highest BCUT2D eigenvalue weighted by molar-refractivity contribution is 5.82. The predicted molar refractivity (Wildman–Crippen MR) is 132 cm³/mol. The SMILES string of the molecule is CCCCOC1CCC2(C)C(CCC3C2CCC2(C)C3CCCN2C(=O)C2CCCCO2)C1. The van der Waals surface area contributed by atoms with Crippen LogP contribution in [0.25, 0.3) is 0 Å². The summed E-state index contributed by atoms with van der Waals surface area (Å²) in [5.74, 6) is 3.46. The average molecular weight is 460 g/mol. The molecular weight excluding hydrogens is 410 g/mol. The first-order valence-electron chi connectivity index (χ1n) is 14.5. The maximum absolute atomic E-state index is 13.6. The summed E-state index contributed by atoms with van der Waals surface area (Å²) in [6.07, 6.45) is 17.5. The van der Waals surface area contributed by atoms with Gasteiger partial charge in [0.05, 0.1) is 6.10 Å². The Morgan fingerprint density at radius 3 is 2.67 bits per heavy atom. The Morgan fingerprint density at radius 1 is 1.00 bits per heavy atom. The van der Waals surface area contributed by atoms with Crippen molar-refractivity contribution in [3.8, 4) is 0 Å². The predicted octanol–water partition coefficient (Wildman–Crippen LogP) is 6.36. The molecule has 1 amide bonds. The van der Waals surface area contributed by atoms with Crippen LogP contribution in [-0.2, 0) is 14.3 Å². The highest BCUT2D eigenvalue weighted by Crippen LogP contribution is 2.63. The number of nitrogens with zero attached hydrogens (tertiary/aromatic N) is 1. The summed E-state index contributed by atoms with van der Waals surface area (Å²) < 4.78 is 12.3. The highest BCUT2D eigenvalue weighted by atomic mass is 16.5. The molecule has 4 nitrogen and oxygen atoms in total. The fourth-order valence-electron chi connectivity index (χ4n) is 9.12. The zero-order valence-electron chi connectivity index (χ0n) is 21.7. The molecule has 3 saturated carbocycles. The third kappa shape index (κ3) is 4.30. The highest BCUT2D eigenvalue weighted by Gasteiger charge is 2.59. The van der Waals surface area contributed by atoms with E-state index in [1.165, 1.54) is 70.6 Å². The summed E-state index contributed by atoms with van der Waals surface area (Å²) in [6, 6.07) is 0. The molecule has 8 unspecified atom stereocenters. The van der Waals surface area contributed by atoms with Gasteiger partial charge >= 0.3 is 0 Å². The van der Waals surface area contributed by atoms with Crippen LogP contribution in [0.4, 0.5) is 0 Å². The van der Waals surface area contributed by atoms with E-state index < -0.39 is 0 Å². The number of unbranched alkanes of at least 4 members (excludes halogenated alkanes) is 1. The Morgan fingerprint density at radius 2 is 1.88 bits per heavy atom. The standard InChI is InChI=1S/C29H49NO3/c1-4-5-18-32-22-13-15-28(2)21(20-22)11-12-23-24(28)14-16-29(3)25(23)9-8-17-30(29)27(31)26-10-6-7-19-33-26/h21-26H,4-20H2,1-3H3. The number of rotatable bonds is 5. The van der Waals surface area contributed by atoms with Gasteiger partial charge in [-0.1, -0.05) is 20.3 Å². The number of carbonyl (C=O) groups excluding carboxylic acids is 1. The van der Waals surface area contributed by atoms with Crippen molar-refractivity contribution in [3.63, 3.8) is 0 Å². The van der Waals surface area contributed by atoms with E-state index in [4.69, 9.17) is 9.47 Å². The molecule has 0 bridgehead atoms. The molecule has 0 aromatic rings. The molecule has 8 atom stereocenters. The van der Waals surface area contributed by atoms with Gasteiger partial charge in [0.2, 0.25) is 0 Å². The van der Waals surface area contributed by atoms with Crippen LogP contribution in [0.2, 0.25) is 0 Å². The maximum Gasteiger partial charge on any atom is 0.252 e. The van der Waals surface area contributed by atoms with E-state index in [0.29, 0.717) is 23.3 Å². The number of ether oxygens (including phenoxy) is 2. The molecular formula is C29H49NO3. The molecule has 0 aromatic carbocycles. The van der Waals surface area contributed by atoms with Crippen molar-refractivity contribution < 1.29 is 14.3 Å². The minimum atomic E-state index is -0.178. The minimum Gasteiger partial charge on any atom is -0.378 e. The van der Waals surface area contributed by atoms with Crippen LogP contribution < -0.4 is 0 Å². The average Bonchev–Trinajstić information content (AvgIpc) is 2.83. The molecule has 33 heavy (non-hydrogen) atoms. The number of hydrogen-bond donors (Lipinski definition) is 0. The molecule has 5 aliphatic rings. The summed E-state index contributed by atoms with van der Waals surface area (Å²) in [5.41, 5.74) is 0.522. The Bertz CT molecular complexity index is 690. The van der Waals surface area contributed by atoms with E-state index in [0.717, 1.165) is 56.8 Å². The van der Waals surface area contributed by atoms with Gasteiger partial charge in [-0.25, -0.2) is 0 Å². The minimum absolute atomic E-state index is 0.0426. The van der Waals surface area contributed by atoms with E-state index in [1.807, 2.05) is 0 Å². The molecule has 5 fully saturated rings. The largest absolute Gasteiger partial charge is 0.378 e. The number of amides is 1. The van der Waals surface area contributed by atoms with E-state index in [9.17, 15) is 4.79 Å². The van der Waals surface area contributed by atoms with Gasteiger partial charge in [-0.15, -0.1) is 0 Å². The molecule has 2 saturated heterocycles. The first-order chi connectivity index (χ1) is 16.0. The van der Waals surface area contributed by atoms with Crippen molar-refractivity contribution in [2.24, 2.45) is 29.1 Å². The third-order valence-electron chi connectivity index (χ3n) is 11.1. The Labute approximate surface area is 202 Å². The van der Waals surface area contributed by atoms with Gasteiger partial charge in [-0.2, -0.15) is 0 Å². The summed E-state index contributed by atoms with van der Waals surface area (Å²) in [4.78, 5) is 15.9. The molecule has 0 aromatic heterocycles. The number of hydrogen-bond acceptors (Lipinski definition) is 3. The first-order valence-corrected chi connectivity index (χ1v) is 14.5. The molecule has 188 valence electrons. The van der Waals surface area contributed by atoms with E-state index in [-0.39, 0.29) is 11.6 Å². The Hall–Kier alpha value is -0.610. The van der Waals surface area contributed by atoms with Crippen molar-refractivity contribution in [2.75, 3.05) is 19.8 Å². The molecule has 3 aliphatic carbocycles. The third-order valence-corrected chi connectivity index (χ3v) is 11.1. The lowest BCUT2D eigenvalue weighted by Gasteiger charge is -2.64. The van der Waals surface area contributed by atoms with Gasteiger partial charge in [0.15, 0.2) is 0 Å². The molecule has 0 N–H and O–H groups in total. The van der Waals surface area contributed by atoms with Gasteiger partial charge in [0, 0.05) is 25.3 Å². The molecule has 2 heterocycles. The molecule has 4 heteroatoms. The van der Waals surface area contributed by atoms with Crippen molar-refractivity contribution in [3.05, 3.63) is 0 Å². The lowest BCUT2D eigenvalue weighted by molar-refractivity contribution is -0.177.